The molecule has 0 saturated carbocycles. The molecule has 0 spiro atoms. The number of nitrogens with zero attached hydrogens (tertiary/aromatic N) is 1. The summed E-state index contributed by atoms with van der Waals surface area (Å²) in [5, 5.41) is 4.15. The molecule has 0 aliphatic rings. The van der Waals surface area contributed by atoms with E-state index in [1.807, 2.05) is 37.4 Å². The maximum Gasteiger partial charge on any atom is 0.236 e. The van der Waals surface area contributed by atoms with Gasteiger partial charge < -0.3 is 5.32 Å². The van der Waals surface area contributed by atoms with Crippen molar-refractivity contribution in [1.29, 1.82) is 0 Å². The molecule has 3 nitrogen and oxygen atoms in total. The molecule has 0 aliphatic heterocycles. The van der Waals surface area contributed by atoms with E-state index in [0.29, 0.717) is 15.9 Å². The first-order valence-corrected chi connectivity index (χ1v) is 8.21. The van der Waals surface area contributed by atoms with Crippen LogP contribution in [0.5, 0.6) is 0 Å². The summed E-state index contributed by atoms with van der Waals surface area (Å²) >= 11 is 8.84. The molecule has 0 radical (unpaired) electrons. The Balaban J connectivity index is 2.21. The van der Waals surface area contributed by atoms with Gasteiger partial charge in [0.05, 0.1) is 11.4 Å². The van der Waals surface area contributed by atoms with Gasteiger partial charge in [0.1, 0.15) is 0 Å². The fourth-order valence-electron chi connectivity index (χ4n) is 1.61. The number of aromatic nitrogens is 1. The molecule has 19 heavy (non-hydrogen) atoms. The van der Waals surface area contributed by atoms with Crippen molar-refractivity contribution in [3.8, 4) is 11.3 Å². The third-order valence-corrected chi connectivity index (χ3v) is 4.13. The molecule has 6 heteroatoms. The number of thiazole rings is 1. The van der Waals surface area contributed by atoms with Crippen LogP contribution in [0.1, 0.15) is 4.88 Å². The molecule has 0 atom stereocenters. The van der Waals surface area contributed by atoms with Crippen molar-refractivity contribution in [2.45, 2.75) is 6.92 Å². The standard InChI is InChI=1S/C13H13ClN2OS2/c1-8-12(9-3-5-10(14)6-4-9)16-13(19-8)15-11(17)7-18-2/h3-6H,7H2,1-2H3,(H,15,16,17). The molecular weight excluding hydrogens is 300 g/mol. The third-order valence-electron chi connectivity index (χ3n) is 2.44. The molecule has 0 aliphatic carbocycles. The van der Waals surface area contributed by atoms with Crippen LogP contribution in [-0.4, -0.2) is 22.9 Å². The number of aryl methyl sites for hydroxylation is 1. The molecule has 0 fully saturated rings. The van der Waals surface area contributed by atoms with E-state index in [1.165, 1.54) is 23.1 Å². The number of rotatable bonds is 4. The van der Waals surface area contributed by atoms with Crippen molar-refractivity contribution in [3.63, 3.8) is 0 Å². The first-order chi connectivity index (χ1) is 9.10. The summed E-state index contributed by atoms with van der Waals surface area (Å²) in [4.78, 5) is 17.1. The summed E-state index contributed by atoms with van der Waals surface area (Å²) in [6, 6.07) is 7.53. The molecule has 1 amide bonds. The Morgan fingerprint density at radius 1 is 1.42 bits per heavy atom. The van der Waals surface area contributed by atoms with Crippen molar-refractivity contribution in [1.82, 2.24) is 4.98 Å². The van der Waals surface area contributed by atoms with E-state index in [0.717, 1.165) is 16.1 Å². The molecule has 1 heterocycles. The van der Waals surface area contributed by atoms with Crippen molar-refractivity contribution in [2.24, 2.45) is 0 Å². The Labute approximate surface area is 125 Å². The molecule has 2 rings (SSSR count). The van der Waals surface area contributed by atoms with Gasteiger partial charge in [0.15, 0.2) is 5.13 Å². The SMILES string of the molecule is CSCC(=O)Nc1nc(-c2ccc(Cl)cc2)c(C)s1. The molecular formula is C13H13ClN2OS2. The number of halogens is 1. The first-order valence-electron chi connectivity index (χ1n) is 5.62. The van der Waals surface area contributed by atoms with Gasteiger partial charge >= 0.3 is 0 Å². The Morgan fingerprint density at radius 2 is 2.11 bits per heavy atom. The average Bonchev–Trinajstić information content (AvgIpc) is 2.71. The molecule has 0 saturated heterocycles. The van der Waals surface area contributed by atoms with E-state index in [2.05, 4.69) is 10.3 Å². The van der Waals surface area contributed by atoms with E-state index in [4.69, 9.17) is 11.6 Å². The van der Waals surface area contributed by atoms with Crippen LogP contribution in [0.4, 0.5) is 5.13 Å². The number of hydrogen-bond acceptors (Lipinski definition) is 4. The summed E-state index contributed by atoms with van der Waals surface area (Å²) < 4.78 is 0. The van der Waals surface area contributed by atoms with Crippen LogP contribution in [0.2, 0.25) is 5.02 Å². The van der Waals surface area contributed by atoms with Gasteiger partial charge in [-0.1, -0.05) is 23.7 Å². The minimum absolute atomic E-state index is 0.0242. The van der Waals surface area contributed by atoms with E-state index in [9.17, 15) is 4.79 Å². The van der Waals surface area contributed by atoms with E-state index in [1.54, 1.807) is 0 Å². The number of carbonyl (C=O) groups is 1. The van der Waals surface area contributed by atoms with Crippen LogP contribution in [0, 0.1) is 6.92 Å². The Kier molecular flexibility index (Phi) is 4.85. The van der Waals surface area contributed by atoms with Crippen molar-refractivity contribution < 1.29 is 4.79 Å². The smallest absolute Gasteiger partial charge is 0.236 e. The number of anilines is 1. The number of nitrogens with one attached hydrogen (secondary N) is 1. The lowest BCUT2D eigenvalue weighted by molar-refractivity contribution is -0.113. The predicted octanol–water partition coefficient (Wildman–Crippen LogP) is 4.07. The Bertz CT molecular complexity index is 581. The fraction of sp³-hybridized carbons (Fsp3) is 0.231. The van der Waals surface area contributed by atoms with Crippen LogP contribution < -0.4 is 5.32 Å². The second-order valence-corrected chi connectivity index (χ2v) is 6.42. The molecule has 1 aromatic heterocycles. The normalized spacial score (nSPS) is 10.5. The maximum atomic E-state index is 11.5. The monoisotopic (exact) mass is 312 g/mol. The van der Waals surface area contributed by atoms with Crippen molar-refractivity contribution in [3.05, 3.63) is 34.2 Å². The summed E-state index contributed by atoms with van der Waals surface area (Å²) in [5.74, 6) is 0.415. The number of thioether (sulfide) groups is 1. The van der Waals surface area contributed by atoms with E-state index >= 15 is 0 Å². The maximum absolute atomic E-state index is 11.5. The minimum atomic E-state index is -0.0242. The molecule has 0 bridgehead atoms. The zero-order valence-corrected chi connectivity index (χ0v) is 13.0. The lowest BCUT2D eigenvalue weighted by Gasteiger charge is -1.99. The van der Waals surface area contributed by atoms with Gasteiger partial charge in [-0.2, -0.15) is 11.8 Å². The van der Waals surface area contributed by atoms with Crippen LogP contribution in [0.25, 0.3) is 11.3 Å². The van der Waals surface area contributed by atoms with Crippen LogP contribution in [-0.2, 0) is 4.79 Å². The topological polar surface area (TPSA) is 42.0 Å². The number of benzene rings is 1. The fourth-order valence-corrected chi connectivity index (χ4v) is 2.92. The highest BCUT2D eigenvalue weighted by Gasteiger charge is 2.11. The van der Waals surface area contributed by atoms with E-state index < -0.39 is 0 Å². The quantitative estimate of drug-likeness (QED) is 0.925. The lowest BCUT2D eigenvalue weighted by Crippen LogP contribution is -2.13. The summed E-state index contributed by atoms with van der Waals surface area (Å²) in [6.45, 7) is 1.99. The highest BCUT2D eigenvalue weighted by atomic mass is 35.5. The van der Waals surface area contributed by atoms with Crippen molar-refractivity contribution >= 4 is 45.7 Å². The van der Waals surface area contributed by atoms with Gasteiger partial charge in [0.25, 0.3) is 0 Å². The van der Waals surface area contributed by atoms with Gasteiger partial charge in [0, 0.05) is 15.5 Å². The Morgan fingerprint density at radius 3 is 2.74 bits per heavy atom. The van der Waals surface area contributed by atoms with Crippen LogP contribution in [0.3, 0.4) is 0 Å². The Hall–Kier alpha value is -1.04. The lowest BCUT2D eigenvalue weighted by atomic mass is 10.1. The second kappa shape index (κ2) is 6.41. The van der Waals surface area contributed by atoms with Crippen LogP contribution >= 0.6 is 34.7 Å². The third kappa shape index (κ3) is 3.72. The van der Waals surface area contributed by atoms with Gasteiger partial charge in [-0.15, -0.1) is 11.3 Å². The molecule has 2 aromatic rings. The van der Waals surface area contributed by atoms with Crippen molar-refractivity contribution in [2.75, 3.05) is 17.3 Å². The highest BCUT2D eigenvalue weighted by molar-refractivity contribution is 7.99. The zero-order chi connectivity index (χ0) is 13.8. The predicted molar refractivity (Wildman–Crippen MR) is 84.3 cm³/mol. The highest BCUT2D eigenvalue weighted by Crippen LogP contribution is 2.30. The summed E-state index contributed by atoms with van der Waals surface area (Å²) in [6.07, 6.45) is 1.89. The van der Waals surface area contributed by atoms with Gasteiger partial charge in [0.2, 0.25) is 5.91 Å². The molecule has 0 unspecified atom stereocenters. The summed E-state index contributed by atoms with van der Waals surface area (Å²) in [5.41, 5.74) is 1.89. The minimum Gasteiger partial charge on any atom is -0.301 e. The molecule has 1 aromatic carbocycles. The number of carbonyl (C=O) groups excluding carboxylic acids is 1. The van der Waals surface area contributed by atoms with Gasteiger partial charge in [-0.25, -0.2) is 4.98 Å². The second-order valence-electron chi connectivity index (χ2n) is 3.91. The van der Waals surface area contributed by atoms with Gasteiger partial charge in [-0.05, 0) is 25.3 Å². The number of amides is 1. The molecule has 100 valence electrons. The van der Waals surface area contributed by atoms with E-state index in [-0.39, 0.29) is 5.91 Å². The summed E-state index contributed by atoms with van der Waals surface area (Å²) in [7, 11) is 0. The molecule has 1 N–H and O–H groups in total. The van der Waals surface area contributed by atoms with Crippen LogP contribution in [0.15, 0.2) is 24.3 Å². The zero-order valence-electron chi connectivity index (χ0n) is 10.6. The van der Waals surface area contributed by atoms with Gasteiger partial charge in [-0.3, -0.25) is 4.79 Å². The average molecular weight is 313 g/mol. The number of hydrogen-bond donors (Lipinski definition) is 1. The first kappa shape index (κ1) is 14.4. The largest absolute Gasteiger partial charge is 0.301 e.